The quantitative estimate of drug-likeness (QED) is 0.808. The van der Waals surface area contributed by atoms with Gasteiger partial charge in [0.2, 0.25) is 5.91 Å². The molecule has 2 aromatic rings. The van der Waals surface area contributed by atoms with Crippen LogP contribution >= 0.6 is 15.9 Å². The fraction of sp³-hybridized carbons (Fsp3) is 0.188. The Kier molecular flexibility index (Phi) is 5.63. The Labute approximate surface area is 131 Å². The van der Waals surface area contributed by atoms with Crippen molar-refractivity contribution in [1.82, 2.24) is 4.98 Å². The lowest BCUT2D eigenvalue weighted by atomic mass is 10.1. The average Bonchev–Trinajstić information content (AvgIpc) is 2.49. The van der Waals surface area contributed by atoms with Gasteiger partial charge in [-0.2, -0.15) is 0 Å². The van der Waals surface area contributed by atoms with E-state index in [-0.39, 0.29) is 11.7 Å². The van der Waals surface area contributed by atoms with Crippen LogP contribution in [0.5, 0.6) is 0 Å². The molecule has 0 saturated heterocycles. The predicted octanol–water partition coefficient (Wildman–Crippen LogP) is 3.84. The minimum absolute atomic E-state index is 0.0492. The molecule has 0 fully saturated rings. The summed E-state index contributed by atoms with van der Waals surface area (Å²) in [5.41, 5.74) is 0.670. The molecule has 0 radical (unpaired) electrons. The molecule has 1 aromatic heterocycles. The molecule has 1 aromatic carbocycles. The molecule has 1 heterocycles. The summed E-state index contributed by atoms with van der Waals surface area (Å²) in [5.74, 6) is 0.451. The number of benzene rings is 1. The molecule has 0 aliphatic carbocycles. The number of aromatic nitrogens is 1. The molecular formula is C16H15BrN2O2. The van der Waals surface area contributed by atoms with Gasteiger partial charge in [-0.15, -0.1) is 0 Å². The van der Waals surface area contributed by atoms with E-state index in [2.05, 4.69) is 26.2 Å². The average molecular weight is 347 g/mol. The smallest absolute Gasteiger partial charge is 0.225 e. The van der Waals surface area contributed by atoms with E-state index in [0.717, 1.165) is 4.47 Å². The van der Waals surface area contributed by atoms with Crippen molar-refractivity contribution in [1.29, 1.82) is 0 Å². The molecule has 0 unspecified atom stereocenters. The van der Waals surface area contributed by atoms with Gasteiger partial charge in [-0.3, -0.25) is 9.59 Å². The molecule has 2 rings (SSSR count). The van der Waals surface area contributed by atoms with Gasteiger partial charge in [0, 0.05) is 29.1 Å². The van der Waals surface area contributed by atoms with Crippen molar-refractivity contribution < 1.29 is 9.59 Å². The molecule has 0 atom stereocenters. The lowest BCUT2D eigenvalue weighted by molar-refractivity contribution is -0.116. The molecule has 0 bridgehead atoms. The lowest BCUT2D eigenvalue weighted by Gasteiger charge is -2.04. The van der Waals surface area contributed by atoms with Crippen molar-refractivity contribution in [2.75, 3.05) is 5.32 Å². The minimum atomic E-state index is -0.127. The summed E-state index contributed by atoms with van der Waals surface area (Å²) in [6, 6.07) is 12.5. The number of hydrogen-bond acceptors (Lipinski definition) is 3. The summed E-state index contributed by atoms with van der Waals surface area (Å²) in [7, 11) is 0. The van der Waals surface area contributed by atoms with E-state index in [1.807, 2.05) is 12.1 Å². The van der Waals surface area contributed by atoms with E-state index < -0.39 is 0 Å². The third kappa shape index (κ3) is 5.11. The summed E-state index contributed by atoms with van der Waals surface area (Å²) in [4.78, 5) is 27.7. The summed E-state index contributed by atoms with van der Waals surface area (Å²) >= 11 is 3.33. The predicted molar refractivity (Wildman–Crippen MR) is 85.2 cm³/mol. The fourth-order valence-corrected chi connectivity index (χ4v) is 2.10. The molecular weight excluding hydrogens is 332 g/mol. The molecule has 1 amide bonds. The molecule has 0 saturated carbocycles. The molecule has 21 heavy (non-hydrogen) atoms. The fourth-order valence-electron chi connectivity index (χ4n) is 1.83. The van der Waals surface area contributed by atoms with Crippen LogP contribution in [0.4, 0.5) is 5.82 Å². The number of carbonyl (C=O) groups excluding carboxylic acids is 2. The number of pyridine rings is 1. The zero-order chi connectivity index (χ0) is 15.1. The van der Waals surface area contributed by atoms with Crippen LogP contribution in [0.15, 0.2) is 53.1 Å². The van der Waals surface area contributed by atoms with E-state index in [4.69, 9.17) is 0 Å². The maximum absolute atomic E-state index is 11.9. The minimum Gasteiger partial charge on any atom is -0.311 e. The number of anilines is 1. The Balaban J connectivity index is 1.75. The SMILES string of the molecule is O=C(CCCC(=O)c1ccc(Br)cc1)Nc1ccccn1. The monoisotopic (exact) mass is 346 g/mol. The van der Waals surface area contributed by atoms with Gasteiger partial charge in [-0.1, -0.05) is 34.1 Å². The normalized spacial score (nSPS) is 10.1. The van der Waals surface area contributed by atoms with Crippen molar-refractivity contribution in [2.45, 2.75) is 19.3 Å². The van der Waals surface area contributed by atoms with Crippen LogP contribution in [-0.2, 0) is 4.79 Å². The Morgan fingerprint density at radius 3 is 2.48 bits per heavy atom. The molecule has 0 spiro atoms. The van der Waals surface area contributed by atoms with Crippen LogP contribution < -0.4 is 5.32 Å². The summed E-state index contributed by atoms with van der Waals surface area (Å²) in [5, 5.41) is 2.70. The zero-order valence-corrected chi connectivity index (χ0v) is 13.0. The second-order valence-corrected chi connectivity index (χ2v) is 5.46. The first kappa shape index (κ1) is 15.4. The summed E-state index contributed by atoms with van der Waals surface area (Å²) in [6.45, 7) is 0. The topological polar surface area (TPSA) is 59.1 Å². The van der Waals surface area contributed by atoms with E-state index in [1.165, 1.54) is 0 Å². The number of nitrogens with zero attached hydrogens (tertiary/aromatic N) is 1. The Hall–Kier alpha value is -2.01. The Bertz CT molecular complexity index is 612. The zero-order valence-electron chi connectivity index (χ0n) is 11.4. The highest BCUT2D eigenvalue weighted by Crippen LogP contribution is 2.13. The van der Waals surface area contributed by atoms with Crippen LogP contribution in [0.1, 0.15) is 29.6 Å². The number of rotatable bonds is 6. The van der Waals surface area contributed by atoms with E-state index in [0.29, 0.717) is 30.6 Å². The number of carbonyl (C=O) groups is 2. The van der Waals surface area contributed by atoms with E-state index >= 15 is 0 Å². The highest BCUT2D eigenvalue weighted by Gasteiger charge is 2.08. The van der Waals surface area contributed by atoms with Crippen LogP contribution in [0.25, 0.3) is 0 Å². The Morgan fingerprint density at radius 2 is 1.81 bits per heavy atom. The van der Waals surface area contributed by atoms with Gasteiger partial charge in [0.25, 0.3) is 0 Å². The summed E-state index contributed by atoms with van der Waals surface area (Å²) < 4.78 is 0.939. The number of ketones is 1. The largest absolute Gasteiger partial charge is 0.311 e. The number of halogens is 1. The molecule has 108 valence electrons. The van der Waals surface area contributed by atoms with Crippen LogP contribution in [0.3, 0.4) is 0 Å². The first-order chi connectivity index (χ1) is 10.1. The maximum Gasteiger partial charge on any atom is 0.225 e. The molecule has 0 aliphatic heterocycles. The number of nitrogens with one attached hydrogen (secondary N) is 1. The Morgan fingerprint density at radius 1 is 1.05 bits per heavy atom. The van der Waals surface area contributed by atoms with Crippen LogP contribution in [-0.4, -0.2) is 16.7 Å². The van der Waals surface area contributed by atoms with E-state index in [9.17, 15) is 9.59 Å². The molecule has 5 heteroatoms. The van der Waals surface area contributed by atoms with Crippen molar-refractivity contribution in [3.05, 3.63) is 58.7 Å². The van der Waals surface area contributed by atoms with Crippen LogP contribution in [0.2, 0.25) is 0 Å². The molecule has 0 aliphatic rings. The van der Waals surface area contributed by atoms with Gasteiger partial charge in [-0.05, 0) is 30.7 Å². The van der Waals surface area contributed by atoms with Crippen molar-refractivity contribution in [2.24, 2.45) is 0 Å². The standard InChI is InChI=1S/C16H15BrN2O2/c17-13-9-7-12(8-10-13)14(20)4-3-6-16(21)19-15-5-1-2-11-18-15/h1-2,5,7-11H,3-4,6H2,(H,18,19,21). The van der Waals surface area contributed by atoms with Crippen molar-refractivity contribution in [3.8, 4) is 0 Å². The highest BCUT2D eigenvalue weighted by atomic mass is 79.9. The number of Topliss-reactive ketones (excluding diaryl/α,β-unsaturated/α-hetero) is 1. The van der Waals surface area contributed by atoms with Gasteiger partial charge >= 0.3 is 0 Å². The first-order valence-electron chi connectivity index (χ1n) is 6.65. The summed E-state index contributed by atoms with van der Waals surface area (Å²) in [6.07, 6.45) is 2.80. The second-order valence-electron chi connectivity index (χ2n) is 4.55. The maximum atomic E-state index is 11.9. The van der Waals surface area contributed by atoms with Crippen molar-refractivity contribution in [3.63, 3.8) is 0 Å². The van der Waals surface area contributed by atoms with Gasteiger partial charge in [-0.25, -0.2) is 4.98 Å². The lowest BCUT2D eigenvalue weighted by Crippen LogP contribution is -2.12. The third-order valence-corrected chi connectivity index (χ3v) is 3.43. The van der Waals surface area contributed by atoms with Crippen LogP contribution in [0, 0.1) is 0 Å². The molecule has 4 nitrogen and oxygen atoms in total. The van der Waals surface area contributed by atoms with E-state index in [1.54, 1.807) is 36.5 Å². The third-order valence-electron chi connectivity index (χ3n) is 2.91. The molecule has 1 N–H and O–H groups in total. The first-order valence-corrected chi connectivity index (χ1v) is 7.44. The second kappa shape index (κ2) is 7.69. The highest BCUT2D eigenvalue weighted by molar-refractivity contribution is 9.10. The van der Waals surface area contributed by atoms with Crippen molar-refractivity contribution >= 4 is 33.4 Å². The number of hydrogen-bond donors (Lipinski definition) is 1. The number of amides is 1. The van der Waals surface area contributed by atoms with Gasteiger partial charge in [0.15, 0.2) is 5.78 Å². The van der Waals surface area contributed by atoms with Gasteiger partial charge in [0.1, 0.15) is 5.82 Å². The van der Waals surface area contributed by atoms with Gasteiger partial charge in [0.05, 0.1) is 0 Å². The van der Waals surface area contributed by atoms with Gasteiger partial charge < -0.3 is 5.32 Å².